The number of carbonyl (C=O) groups is 1. The predicted molar refractivity (Wildman–Crippen MR) is 97.1 cm³/mol. The maximum atomic E-state index is 13.9. The summed E-state index contributed by atoms with van der Waals surface area (Å²) >= 11 is 0. The monoisotopic (exact) mass is 366 g/mol. The molecule has 6 heteroatoms. The van der Waals surface area contributed by atoms with Gasteiger partial charge < -0.3 is 14.1 Å². The summed E-state index contributed by atoms with van der Waals surface area (Å²) in [6.07, 6.45) is 1.19. The van der Waals surface area contributed by atoms with Crippen molar-refractivity contribution in [2.75, 3.05) is 13.7 Å². The van der Waals surface area contributed by atoms with Crippen LogP contribution >= 0.6 is 0 Å². The van der Waals surface area contributed by atoms with Crippen molar-refractivity contribution >= 4 is 5.91 Å². The van der Waals surface area contributed by atoms with Crippen molar-refractivity contribution in [3.05, 3.63) is 82.8 Å². The second-order valence-electron chi connectivity index (χ2n) is 6.44. The number of rotatable bonds is 4. The molecule has 1 aliphatic heterocycles. The largest absolute Gasteiger partial charge is 0.493 e. The number of oxazole rings is 1. The summed E-state index contributed by atoms with van der Waals surface area (Å²) in [6.45, 7) is 0.831. The minimum absolute atomic E-state index is 0.0294. The predicted octanol–water partition coefficient (Wildman–Crippen LogP) is 3.61. The Labute approximate surface area is 156 Å². The lowest BCUT2D eigenvalue weighted by Gasteiger charge is -2.26. The summed E-state index contributed by atoms with van der Waals surface area (Å²) in [5, 5.41) is 0. The molecular formula is C21H19FN2O3. The standard InChI is InChI=1S/C21H19FN2O3/c1-26-20-15(8-5-9-16(20)22)21(25)24-11-10-18-17(13-24)23-19(27-18)12-14-6-3-2-4-7-14/h2-9H,10-13H2,1H3. The molecule has 0 fully saturated rings. The molecule has 2 aromatic carbocycles. The number of halogens is 1. The molecule has 1 amide bonds. The summed E-state index contributed by atoms with van der Waals surface area (Å²) in [4.78, 5) is 19.1. The van der Waals surface area contributed by atoms with Crippen molar-refractivity contribution in [1.29, 1.82) is 0 Å². The van der Waals surface area contributed by atoms with Gasteiger partial charge in [-0.15, -0.1) is 0 Å². The SMILES string of the molecule is COc1c(F)cccc1C(=O)N1CCc2oc(Cc3ccccc3)nc2C1. The summed E-state index contributed by atoms with van der Waals surface area (Å²) in [5.41, 5.74) is 2.10. The average molecular weight is 366 g/mol. The first-order chi connectivity index (χ1) is 13.2. The van der Waals surface area contributed by atoms with Crippen LogP contribution in [0.5, 0.6) is 5.75 Å². The molecule has 3 aromatic rings. The molecule has 1 aromatic heterocycles. The van der Waals surface area contributed by atoms with Gasteiger partial charge in [-0.3, -0.25) is 4.79 Å². The lowest BCUT2D eigenvalue weighted by molar-refractivity contribution is 0.0723. The molecule has 0 unspecified atom stereocenters. The molecule has 0 saturated carbocycles. The Kier molecular flexibility index (Phi) is 4.62. The van der Waals surface area contributed by atoms with E-state index in [1.165, 1.54) is 19.2 Å². The highest BCUT2D eigenvalue weighted by Crippen LogP contribution is 2.27. The van der Waals surface area contributed by atoms with Crippen molar-refractivity contribution in [3.63, 3.8) is 0 Å². The molecule has 0 N–H and O–H groups in total. The van der Waals surface area contributed by atoms with Gasteiger partial charge in [-0.25, -0.2) is 9.37 Å². The molecule has 0 bridgehead atoms. The second-order valence-corrected chi connectivity index (χ2v) is 6.44. The van der Waals surface area contributed by atoms with Gasteiger partial charge in [-0.2, -0.15) is 0 Å². The fraction of sp³-hybridized carbons (Fsp3) is 0.238. The van der Waals surface area contributed by atoms with E-state index in [0.29, 0.717) is 31.8 Å². The normalized spacial score (nSPS) is 13.3. The van der Waals surface area contributed by atoms with E-state index in [1.807, 2.05) is 30.3 Å². The zero-order chi connectivity index (χ0) is 18.8. The van der Waals surface area contributed by atoms with Gasteiger partial charge in [0.25, 0.3) is 5.91 Å². The summed E-state index contributed by atoms with van der Waals surface area (Å²) in [7, 11) is 1.36. The molecule has 0 aliphatic carbocycles. The summed E-state index contributed by atoms with van der Waals surface area (Å²) in [6, 6.07) is 14.3. The maximum absolute atomic E-state index is 13.9. The van der Waals surface area contributed by atoms with Crippen LogP contribution in [0, 0.1) is 5.82 Å². The van der Waals surface area contributed by atoms with Crippen molar-refractivity contribution in [3.8, 4) is 5.75 Å². The van der Waals surface area contributed by atoms with Crippen LogP contribution in [0.4, 0.5) is 4.39 Å². The van der Waals surface area contributed by atoms with Crippen LogP contribution in [-0.2, 0) is 19.4 Å². The molecule has 0 radical (unpaired) electrons. The van der Waals surface area contributed by atoms with Crippen LogP contribution in [-0.4, -0.2) is 29.4 Å². The van der Waals surface area contributed by atoms with Crippen molar-refractivity contribution in [2.45, 2.75) is 19.4 Å². The minimum atomic E-state index is -0.548. The molecule has 0 atom stereocenters. The third-order valence-electron chi connectivity index (χ3n) is 4.66. The highest BCUT2D eigenvalue weighted by Gasteiger charge is 2.28. The fourth-order valence-electron chi connectivity index (χ4n) is 3.33. The first kappa shape index (κ1) is 17.3. The Morgan fingerprint density at radius 3 is 2.81 bits per heavy atom. The van der Waals surface area contributed by atoms with E-state index in [9.17, 15) is 9.18 Å². The van der Waals surface area contributed by atoms with Crippen LogP contribution in [0.3, 0.4) is 0 Å². The van der Waals surface area contributed by atoms with Crippen LogP contribution in [0.2, 0.25) is 0 Å². The molecular weight excluding hydrogens is 347 g/mol. The van der Waals surface area contributed by atoms with Crippen molar-refractivity contribution in [2.24, 2.45) is 0 Å². The average Bonchev–Trinajstić information content (AvgIpc) is 3.09. The number of hydrogen-bond acceptors (Lipinski definition) is 4. The lowest BCUT2D eigenvalue weighted by Crippen LogP contribution is -2.36. The molecule has 5 nitrogen and oxygen atoms in total. The third kappa shape index (κ3) is 3.43. The van der Waals surface area contributed by atoms with E-state index < -0.39 is 5.82 Å². The number of aromatic nitrogens is 1. The number of fused-ring (bicyclic) bond motifs is 1. The quantitative estimate of drug-likeness (QED) is 0.708. The van der Waals surface area contributed by atoms with Gasteiger partial charge in [0.05, 0.1) is 19.2 Å². The molecule has 27 heavy (non-hydrogen) atoms. The number of nitrogens with zero attached hydrogens (tertiary/aromatic N) is 2. The van der Waals surface area contributed by atoms with E-state index in [0.717, 1.165) is 17.0 Å². The van der Waals surface area contributed by atoms with Crippen molar-refractivity contribution < 1.29 is 18.3 Å². The Hall–Kier alpha value is -3.15. The van der Waals surface area contributed by atoms with Crippen LogP contribution in [0.25, 0.3) is 0 Å². The maximum Gasteiger partial charge on any atom is 0.258 e. The van der Waals surface area contributed by atoms with Gasteiger partial charge >= 0.3 is 0 Å². The van der Waals surface area contributed by atoms with Gasteiger partial charge in [-0.05, 0) is 17.7 Å². The number of para-hydroxylation sites is 1. The fourth-order valence-corrected chi connectivity index (χ4v) is 3.33. The van der Waals surface area contributed by atoms with E-state index in [-0.39, 0.29) is 17.2 Å². The highest BCUT2D eigenvalue weighted by atomic mass is 19.1. The number of methoxy groups -OCH3 is 1. The Morgan fingerprint density at radius 1 is 1.22 bits per heavy atom. The second kappa shape index (κ2) is 7.23. The topological polar surface area (TPSA) is 55.6 Å². The Balaban J connectivity index is 1.53. The summed E-state index contributed by atoms with van der Waals surface area (Å²) < 4.78 is 24.8. The van der Waals surface area contributed by atoms with Gasteiger partial charge in [0.15, 0.2) is 17.5 Å². The van der Waals surface area contributed by atoms with Gasteiger partial charge in [0.2, 0.25) is 0 Å². The van der Waals surface area contributed by atoms with E-state index in [4.69, 9.17) is 9.15 Å². The van der Waals surface area contributed by atoms with Gasteiger partial charge in [0.1, 0.15) is 11.5 Å². The van der Waals surface area contributed by atoms with Gasteiger partial charge in [0, 0.05) is 19.4 Å². The zero-order valence-corrected chi connectivity index (χ0v) is 14.9. The van der Waals surface area contributed by atoms with E-state index >= 15 is 0 Å². The Bertz CT molecular complexity index is 969. The molecule has 138 valence electrons. The van der Waals surface area contributed by atoms with E-state index in [1.54, 1.807) is 11.0 Å². The molecule has 0 saturated heterocycles. The molecule has 2 heterocycles. The number of amides is 1. The van der Waals surface area contributed by atoms with Gasteiger partial charge in [-0.1, -0.05) is 36.4 Å². The number of carbonyl (C=O) groups excluding carboxylic acids is 1. The van der Waals surface area contributed by atoms with Crippen LogP contribution < -0.4 is 4.74 Å². The number of hydrogen-bond donors (Lipinski definition) is 0. The highest BCUT2D eigenvalue weighted by molar-refractivity contribution is 5.97. The zero-order valence-electron chi connectivity index (χ0n) is 14.9. The summed E-state index contributed by atoms with van der Waals surface area (Å²) in [5.74, 6) is 0.607. The third-order valence-corrected chi connectivity index (χ3v) is 4.66. The lowest BCUT2D eigenvalue weighted by atomic mass is 10.1. The first-order valence-electron chi connectivity index (χ1n) is 8.79. The molecule has 0 spiro atoms. The van der Waals surface area contributed by atoms with Crippen molar-refractivity contribution in [1.82, 2.24) is 9.88 Å². The molecule has 4 rings (SSSR count). The van der Waals surface area contributed by atoms with Crippen LogP contribution in [0.15, 0.2) is 52.9 Å². The number of ether oxygens (including phenoxy) is 1. The number of benzene rings is 2. The molecule has 1 aliphatic rings. The first-order valence-corrected chi connectivity index (χ1v) is 8.79. The van der Waals surface area contributed by atoms with Crippen LogP contribution in [0.1, 0.15) is 33.3 Å². The smallest absolute Gasteiger partial charge is 0.258 e. The minimum Gasteiger partial charge on any atom is -0.493 e. The Morgan fingerprint density at radius 2 is 2.04 bits per heavy atom. The van der Waals surface area contributed by atoms with E-state index in [2.05, 4.69) is 4.98 Å².